The highest BCUT2D eigenvalue weighted by Crippen LogP contribution is 2.26. The van der Waals surface area contributed by atoms with Crippen molar-refractivity contribution in [2.45, 2.75) is 38.4 Å². The first-order valence-electron chi connectivity index (χ1n) is 8.89. The van der Waals surface area contributed by atoms with Crippen molar-refractivity contribution in [1.82, 2.24) is 10.2 Å². The number of rotatable bonds is 6. The molecular weight excluding hydrogens is 314 g/mol. The van der Waals surface area contributed by atoms with Crippen LogP contribution < -0.4 is 5.32 Å². The van der Waals surface area contributed by atoms with E-state index >= 15 is 0 Å². The Labute approximate surface area is 148 Å². The topological polar surface area (TPSA) is 58.4 Å². The van der Waals surface area contributed by atoms with Gasteiger partial charge in [0.2, 0.25) is 0 Å². The zero-order valence-electron chi connectivity index (χ0n) is 14.6. The monoisotopic (exact) mass is 339 g/mol. The Balaban J connectivity index is 1.53. The van der Waals surface area contributed by atoms with Crippen molar-refractivity contribution >= 4 is 5.69 Å². The third kappa shape index (κ3) is 4.65. The molecule has 1 aliphatic heterocycles. The number of hydrogen-bond donors (Lipinski definition) is 1. The Morgan fingerprint density at radius 2 is 1.76 bits per heavy atom. The van der Waals surface area contributed by atoms with Gasteiger partial charge in [0.25, 0.3) is 5.69 Å². The summed E-state index contributed by atoms with van der Waals surface area (Å²) >= 11 is 0. The average Bonchev–Trinajstić information content (AvgIpc) is 2.64. The number of piperidine rings is 1. The summed E-state index contributed by atoms with van der Waals surface area (Å²) in [6, 6.07) is 17.9. The first-order chi connectivity index (χ1) is 12.1. The molecule has 1 unspecified atom stereocenters. The SMILES string of the molecule is CC(NC1CCN(Cc2ccccc2)CC1)c1ccccc1[N+](=O)[O-]. The van der Waals surface area contributed by atoms with Gasteiger partial charge in [-0.05, 0) is 38.4 Å². The Morgan fingerprint density at radius 1 is 1.12 bits per heavy atom. The summed E-state index contributed by atoms with van der Waals surface area (Å²) < 4.78 is 0. The average molecular weight is 339 g/mol. The van der Waals surface area contributed by atoms with Crippen LogP contribution in [0, 0.1) is 10.1 Å². The molecule has 0 aromatic heterocycles. The van der Waals surface area contributed by atoms with E-state index in [0.29, 0.717) is 6.04 Å². The van der Waals surface area contributed by atoms with E-state index in [1.54, 1.807) is 12.1 Å². The number of para-hydroxylation sites is 1. The molecule has 0 radical (unpaired) electrons. The maximum Gasteiger partial charge on any atom is 0.274 e. The van der Waals surface area contributed by atoms with Crippen molar-refractivity contribution in [3.05, 3.63) is 75.8 Å². The molecule has 3 rings (SSSR count). The number of nitrogens with zero attached hydrogens (tertiary/aromatic N) is 2. The molecule has 1 N–H and O–H groups in total. The van der Waals surface area contributed by atoms with E-state index in [9.17, 15) is 10.1 Å². The number of nitro benzene ring substituents is 1. The van der Waals surface area contributed by atoms with Gasteiger partial charge in [-0.3, -0.25) is 15.0 Å². The molecule has 0 amide bonds. The molecule has 1 heterocycles. The van der Waals surface area contributed by atoms with Crippen molar-refractivity contribution < 1.29 is 4.92 Å². The quantitative estimate of drug-likeness (QED) is 0.640. The molecule has 1 atom stereocenters. The largest absolute Gasteiger partial charge is 0.307 e. The van der Waals surface area contributed by atoms with Gasteiger partial charge in [0.1, 0.15) is 0 Å². The predicted octanol–water partition coefficient (Wildman–Crippen LogP) is 3.91. The maximum atomic E-state index is 11.2. The lowest BCUT2D eigenvalue weighted by Gasteiger charge is -2.34. The molecule has 1 saturated heterocycles. The Hall–Kier alpha value is -2.24. The van der Waals surface area contributed by atoms with Crippen LogP contribution in [0.4, 0.5) is 5.69 Å². The molecule has 0 aliphatic carbocycles. The molecule has 0 spiro atoms. The number of nitro groups is 1. The first kappa shape index (κ1) is 17.6. The zero-order chi connectivity index (χ0) is 17.6. The van der Waals surface area contributed by atoms with Gasteiger partial charge in [-0.25, -0.2) is 0 Å². The van der Waals surface area contributed by atoms with Crippen LogP contribution in [0.1, 0.15) is 36.9 Å². The van der Waals surface area contributed by atoms with Gasteiger partial charge >= 0.3 is 0 Å². The molecule has 132 valence electrons. The highest BCUT2D eigenvalue weighted by Gasteiger charge is 2.24. The summed E-state index contributed by atoms with van der Waals surface area (Å²) in [4.78, 5) is 13.4. The van der Waals surface area contributed by atoms with Gasteiger partial charge in [-0.1, -0.05) is 48.5 Å². The number of nitrogens with one attached hydrogen (secondary N) is 1. The van der Waals surface area contributed by atoms with Crippen molar-refractivity contribution in [1.29, 1.82) is 0 Å². The second kappa shape index (κ2) is 8.23. The minimum atomic E-state index is -0.296. The van der Waals surface area contributed by atoms with Crippen molar-refractivity contribution in [3.63, 3.8) is 0 Å². The van der Waals surface area contributed by atoms with Gasteiger partial charge in [0.05, 0.1) is 4.92 Å². The second-order valence-corrected chi connectivity index (χ2v) is 6.74. The van der Waals surface area contributed by atoms with Crippen molar-refractivity contribution in [2.75, 3.05) is 13.1 Å². The van der Waals surface area contributed by atoms with Crippen molar-refractivity contribution in [2.24, 2.45) is 0 Å². The Bertz CT molecular complexity index is 697. The van der Waals surface area contributed by atoms with Crippen LogP contribution in [0.3, 0.4) is 0 Å². The van der Waals surface area contributed by atoms with Crippen LogP contribution in [0.5, 0.6) is 0 Å². The summed E-state index contributed by atoms with van der Waals surface area (Å²) in [5.41, 5.74) is 2.31. The van der Waals surface area contributed by atoms with E-state index in [-0.39, 0.29) is 16.7 Å². The second-order valence-electron chi connectivity index (χ2n) is 6.74. The summed E-state index contributed by atoms with van der Waals surface area (Å²) in [6.07, 6.45) is 2.13. The summed E-state index contributed by atoms with van der Waals surface area (Å²) in [7, 11) is 0. The van der Waals surface area contributed by atoms with Gasteiger partial charge < -0.3 is 5.32 Å². The van der Waals surface area contributed by atoms with E-state index in [0.717, 1.165) is 38.0 Å². The third-order valence-electron chi connectivity index (χ3n) is 4.92. The number of benzene rings is 2. The van der Waals surface area contributed by atoms with E-state index in [1.807, 2.05) is 25.1 Å². The molecule has 25 heavy (non-hydrogen) atoms. The van der Waals surface area contributed by atoms with Gasteiger partial charge in [0.15, 0.2) is 0 Å². The zero-order valence-corrected chi connectivity index (χ0v) is 14.6. The number of hydrogen-bond acceptors (Lipinski definition) is 4. The van der Waals surface area contributed by atoms with Crippen LogP contribution in [-0.2, 0) is 6.54 Å². The van der Waals surface area contributed by atoms with Gasteiger partial charge in [0, 0.05) is 30.3 Å². The van der Waals surface area contributed by atoms with Gasteiger partial charge in [-0.2, -0.15) is 0 Å². The van der Waals surface area contributed by atoms with Gasteiger partial charge in [-0.15, -0.1) is 0 Å². The van der Waals surface area contributed by atoms with E-state index in [1.165, 1.54) is 5.56 Å². The van der Waals surface area contributed by atoms with E-state index in [2.05, 4.69) is 34.5 Å². The summed E-state index contributed by atoms with van der Waals surface area (Å²) in [6.45, 7) is 5.11. The lowest BCUT2D eigenvalue weighted by molar-refractivity contribution is -0.385. The predicted molar refractivity (Wildman–Crippen MR) is 99.4 cm³/mol. The Morgan fingerprint density at radius 3 is 2.44 bits per heavy atom. The van der Waals surface area contributed by atoms with Crippen LogP contribution in [-0.4, -0.2) is 29.0 Å². The van der Waals surface area contributed by atoms with E-state index < -0.39 is 0 Å². The van der Waals surface area contributed by atoms with Crippen molar-refractivity contribution in [3.8, 4) is 0 Å². The van der Waals surface area contributed by atoms with Crippen LogP contribution in [0.2, 0.25) is 0 Å². The van der Waals surface area contributed by atoms with Crippen LogP contribution in [0.25, 0.3) is 0 Å². The molecule has 1 fully saturated rings. The fourth-order valence-corrected chi connectivity index (χ4v) is 3.56. The summed E-state index contributed by atoms with van der Waals surface area (Å²) in [5, 5.41) is 14.8. The molecule has 0 bridgehead atoms. The minimum Gasteiger partial charge on any atom is -0.307 e. The minimum absolute atomic E-state index is 0.0210. The molecule has 1 aliphatic rings. The fourth-order valence-electron chi connectivity index (χ4n) is 3.56. The van der Waals surface area contributed by atoms with E-state index in [4.69, 9.17) is 0 Å². The maximum absolute atomic E-state index is 11.2. The lowest BCUT2D eigenvalue weighted by atomic mass is 10.0. The third-order valence-corrected chi connectivity index (χ3v) is 4.92. The molecule has 5 heteroatoms. The summed E-state index contributed by atoms with van der Waals surface area (Å²) in [5.74, 6) is 0. The molecule has 0 saturated carbocycles. The fraction of sp³-hybridized carbons (Fsp3) is 0.400. The smallest absolute Gasteiger partial charge is 0.274 e. The lowest BCUT2D eigenvalue weighted by Crippen LogP contribution is -2.43. The molecular formula is C20H25N3O2. The standard InChI is InChI=1S/C20H25N3O2/c1-16(19-9-5-6-10-20(19)23(24)25)21-18-11-13-22(14-12-18)15-17-7-3-2-4-8-17/h2-10,16,18,21H,11-15H2,1H3. The highest BCUT2D eigenvalue weighted by atomic mass is 16.6. The Kier molecular flexibility index (Phi) is 5.79. The highest BCUT2D eigenvalue weighted by molar-refractivity contribution is 5.41. The normalized spacial score (nSPS) is 17.3. The van der Waals surface area contributed by atoms with Crippen LogP contribution >= 0.6 is 0 Å². The molecule has 2 aromatic rings. The molecule has 2 aromatic carbocycles. The molecule has 5 nitrogen and oxygen atoms in total. The first-order valence-corrected chi connectivity index (χ1v) is 8.89. The van der Waals surface area contributed by atoms with Crippen LogP contribution in [0.15, 0.2) is 54.6 Å². The number of likely N-dealkylation sites (tertiary alicyclic amines) is 1.